The number of hydrogen-bond acceptors (Lipinski definition) is 2. The monoisotopic (exact) mass is 235 g/mol. The molecule has 0 heterocycles. The summed E-state index contributed by atoms with van der Waals surface area (Å²) in [5.41, 5.74) is 1.32. The predicted molar refractivity (Wildman–Crippen MR) is 73.7 cm³/mol. The standard InChI is InChI=1S/C15H25NO/c1-5-10-17-15-9-7-6-8-14(15)13(3)12(2)11-16-4/h6-9,12-13,16H,5,10-11H2,1-4H3. The van der Waals surface area contributed by atoms with E-state index in [0.717, 1.165) is 25.3 Å². The molecular formula is C15H25NO. The highest BCUT2D eigenvalue weighted by molar-refractivity contribution is 5.36. The number of nitrogens with one attached hydrogen (secondary N) is 1. The zero-order chi connectivity index (χ0) is 12.7. The summed E-state index contributed by atoms with van der Waals surface area (Å²) in [4.78, 5) is 0. The Morgan fingerprint density at radius 2 is 1.94 bits per heavy atom. The highest BCUT2D eigenvalue weighted by Gasteiger charge is 2.17. The molecule has 0 spiro atoms. The van der Waals surface area contributed by atoms with Crippen LogP contribution in [0.1, 0.15) is 38.7 Å². The van der Waals surface area contributed by atoms with Gasteiger partial charge in [-0.2, -0.15) is 0 Å². The van der Waals surface area contributed by atoms with E-state index in [-0.39, 0.29) is 0 Å². The van der Waals surface area contributed by atoms with Crippen molar-refractivity contribution in [3.05, 3.63) is 29.8 Å². The van der Waals surface area contributed by atoms with Crippen LogP contribution in [0.3, 0.4) is 0 Å². The van der Waals surface area contributed by atoms with Crippen LogP contribution < -0.4 is 10.1 Å². The normalized spacial score (nSPS) is 14.4. The highest BCUT2D eigenvalue weighted by atomic mass is 16.5. The second-order valence-electron chi connectivity index (χ2n) is 4.71. The summed E-state index contributed by atoms with van der Waals surface area (Å²) >= 11 is 0. The Balaban J connectivity index is 2.80. The number of hydrogen-bond donors (Lipinski definition) is 1. The summed E-state index contributed by atoms with van der Waals surface area (Å²) < 4.78 is 5.82. The van der Waals surface area contributed by atoms with Gasteiger partial charge in [0.05, 0.1) is 6.61 Å². The average Bonchev–Trinajstić information content (AvgIpc) is 2.36. The Morgan fingerprint density at radius 1 is 1.24 bits per heavy atom. The molecular weight excluding hydrogens is 210 g/mol. The fraction of sp³-hybridized carbons (Fsp3) is 0.600. The van der Waals surface area contributed by atoms with Crippen molar-refractivity contribution in [3.8, 4) is 5.75 Å². The van der Waals surface area contributed by atoms with E-state index in [1.165, 1.54) is 5.56 Å². The Bertz CT molecular complexity index is 324. The molecule has 0 aromatic heterocycles. The van der Waals surface area contributed by atoms with Crippen LogP contribution in [0, 0.1) is 5.92 Å². The molecule has 0 aliphatic rings. The first-order valence-electron chi connectivity index (χ1n) is 6.57. The molecule has 2 atom stereocenters. The summed E-state index contributed by atoms with van der Waals surface area (Å²) in [6, 6.07) is 8.40. The molecule has 0 aliphatic heterocycles. The molecule has 0 amide bonds. The summed E-state index contributed by atoms with van der Waals surface area (Å²) in [6.07, 6.45) is 1.05. The number of ether oxygens (including phenoxy) is 1. The lowest BCUT2D eigenvalue weighted by molar-refractivity contribution is 0.308. The predicted octanol–water partition coefficient (Wildman–Crippen LogP) is 3.43. The van der Waals surface area contributed by atoms with E-state index < -0.39 is 0 Å². The molecule has 1 aromatic carbocycles. The molecule has 0 fully saturated rings. The van der Waals surface area contributed by atoms with Crippen LogP contribution >= 0.6 is 0 Å². The van der Waals surface area contributed by atoms with Crippen molar-refractivity contribution in [1.82, 2.24) is 5.32 Å². The molecule has 2 heteroatoms. The van der Waals surface area contributed by atoms with E-state index in [1.807, 2.05) is 13.1 Å². The Hall–Kier alpha value is -1.02. The maximum atomic E-state index is 5.82. The number of rotatable bonds is 7. The summed E-state index contributed by atoms with van der Waals surface area (Å²) in [6.45, 7) is 8.51. The molecule has 1 N–H and O–H groups in total. The van der Waals surface area contributed by atoms with Gasteiger partial charge in [-0.3, -0.25) is 0 Å². The lowest BCUT2D eigenvalue weighted by Gasteiger charge is -2.22. The van der Waals surface area contributed by atoms with Crippen molar-refractivity contribution in [2.45, 2.75) is 33.1 Å². The molecule has 0 radical (unpaired) electrons. The van der Waals surface area contributed by atoms with E-state index in [1.54, 1.807) is 0 Å². The number of benzene rings is 1. The van der Waals surface area contributed by atoms with Crippen molar-refractivity contribution >= 4 is 0 Å². The van der Waals surface area contributed by atoms with Gasteiger partial charge >= 0.3 is 0 Å². The molecule has 0 aliphatic carbocycles. The zero-order valence-corrected chi connectivity index (χ0v) is 11.5. The fourth-order valence-corrected chi connectivity index (χ4v) is 2.01. The fourth-order valence-electron chi connectivity index (χ4n) is 2.01. The molecule has 17 heavy (non-hydrogen) atoms. The Kier molecular flexibility index (Phi) is 6.06. The van der Waals surface area contributed by atoms with Crippen LogP contribution in [0.4, 0.5) is 0 Å². The lowest BCUT2D eigenvalue weighted by atomic mass is 9.88. The third-order valence-electron chi connectivity index (χ3n) is 3.25. The Morgan fingerprint density at radius 3 is 2.59 bits per heavy atom. The maximum absolute atomic E-state index is 5.82. The quantitative estimate of drug-likeness (QED) is 0.781. The van der Waals surface area contributed by atoms with Gasteiger partial charge in [0.25, 0.3) is 0 Å². The van der Waals surface area contributed by atoms with Crippen molar-refractivity contribution in [3.63, 3.8) is 0 Å². The highest BCUT2D eigenvalue weighted by Crippen LogP contribution is 2.31. The zero-order valence-electron chi connectivity index (χ0n) is 11.5. The van der Waals surface area contributed by atoms with Crippen LogP contribution in [0.15, 0.2) is 24.3 Å². The molecule has 1 aromatic rings. The summed E-state index contributed by atoms with van der Waals surface area (Å²) in [5, 5.41) is 3.24. The van der Waals surface area contributed by atoms with Crippen molar-refractivity contribution in [2.75, 3.05) is 20.2 Å². The minimum absolute atomic E-state index is 0.510. The van der Waals surface area contributed by atoms with Gasteiger partial charge in [-0.15, -0.1) is 0 Å². The summed E-state index contributed by atoms with van der Waals surface area (Å²) in [5.74, 6) is 2.16. The minimum Gasteiger partial charge on any atom is -0.493 e. The van der Waals surface area contributed by atoms with E-state index in [0.29, 0.717) is 11.8 Å². The molecule has 2 unspecified atom stereocenters. The van der Waals surface area contributed by atoms with Crippen molar-refractivity contribution in [1.29, 1.82) is 0 Å². The van der Waals surface area contributed by atoms with Gasteiger partial charge in [-0.05, 0) is 43.5 Å². The Labute approximate surface area is 105 Å². The minimum atomic E-state index is 0.510. The molecule has 0 bridgehead atoms. The van der Waals surface area contributed by atoms with Crippen molar-refractivity contribution in [2.24, 2.45) is 5.92 Å². The van der Waals surface area contributed by atoms with Gasteiger partial charge in [-0.1, -0.05) is 39.0 Å². The van der Waals surface area contributed by atoms with Crippen molar-refractivity contribution < 1.29 is 4.74 Å². The lowest BCUT2D eigenvalue weighted by Crippen LogP contribution is -2.21. The van der Waals surface area contributed by atoms with E-state index >= 15 is 0 Å². The maximum Gasteiger partial charge on any atom is 0.122 e. The van der Waals surface area contributed by atoms with E-state index in [2.05, 4.69) is 44.3 Å². The van der Waals surface area contributed by atoms with E-state index in [4.69, 9.17) is 4.74 Å². The largest absolute Gasteiger partial charge is 0.493 e. The van der Waals surface area contributed by atoms with Crippen LogP contribution in [0.5, 0.6) is 5.75 Å². The van der Waals surface area contributed by atoms with Crippen LogP contribution in [0.25, 0.3) is 0 Å². The van der Waals surface area contributed by atoms with Crippen LogP contribution in [0.2, 0.25) is 0 Å². The number of para-hydroxylation sites is 1. The van der Waals surface area contributed by atoms with Gasteiger partial charge in [0, 0.05) is 0 Å². The average molecular weight is 235 g/mol. The van der Waals surface area contributed by atoms with Crippen LogP contribution in [-0.2, 0) is 0 Å². The van der Waals surface area contributed by atoms with Gasteiger partial charge in [-0.25, -0.2) is 0 Å². The molecule has 0 saturated heterocycles. The first-order chi connectivity index (χ1) is 8.20. The van der Waals surface area contributed by atoms with E-state index in [9.17, 15) is 0 Å². The molecule has 96 valence electrons. The third-order valence-corrected chi connectivity index (χ3v) is 3.25. The van der Waals surface area contributed by atoms with Gasteiger partial charge in [0.2, 0.25) is 0 Å². The molecule has 2 nitrogen and oxygen atoms in total. The van der Waals surface area contributed by atoms with Gasteiger partial charge < -0.3 is 10.1 Å². The molecule has 1 rings (SSSR count). The van der Waals surface area contributed by atoms with Crippen LogP contribution in [-0.4, -0.2) is 20.2 Å². The topological polar surface area (TPSA) is 21.3 Å². The molecule has 0 saturated carbocycles. The smallest absolute Gasteiger partial charge is 0.122 e. The summed E-state index contributed by atoms with van der Waals surface area (Å²) in [7, 11) is 2.00. The second kappa shape index (κ2) is 7.33. The SMILES string of the molecule is CCCOc1ccccc1C(C)C(C)CNC. The first kappa shape index (κ1) is 14.0. The first-order valence-corrected chi connectivity index (χ1v) is 6.57. The van der Waals surface area contributed by atoms with Gasteiger partial charge in [0.15, 0.2) is 0 Å². The second-order valence-corrected chi connectivity index (χ2v) is 4.71. The third kappa shape index (κ3) is 4.04. The van der Waals surface area contributed by atoms with Gasteiger partial charge in [0.1, 0.15) is 5.75 Å².